The summed E-state index contributed by atoms with van der Waals surface area (Å²) in [5.41, 5.74) is 2.67. The molecule has 1 heterocycles. The molecule has 33 heavy (non-hydrogen) atoms. The number of anilines is 2. The monoisotopic (exact) mass is 452 g/mol. The number of hydrogen-bond acceptors (Lipinski definition) is 7. The fourth-order valence-corrected chi connectivity index (χ4v) is 3.20. The van der Waals surface area contributed by atoms with E-state index in [9.17, 15) is 14.4 Å². The molecule has 0 fully saturated rings. The Morgan fingerprint density at radius 2 is 1.58 bits per heavy atom. The number of methoxy groups -OCH3 is 2. The van der Waals surface area contributed by atoms with Crippen molar-refractivity contribution in [3.63, 3.8) is 0 Å². The average Bonchev–Trinajstić information content (AvgIpc) is 3.31. The lowest BCUT2D eigenvalue weighted by Gasteiger charge is -2.15. The fourth-order valence-electron chi connectivity index (χ4n) is 3.20. The average molecular weight is 452 g/mol. The van der Waals surface area contributed by atoms with Crippen LogP contribution in [0, 0.1) is 13.8 Å². The third kappa shape index (κ3) is 5.91. The highest BCUT2D eigenvalue weighted by molar-refractivity contribution is 6.07. The maximum atomic E-state index is 12.8. The zero-order chi connectivity index (χ0) is 24.0. The van der Waals surface area contributed by atoms with Crippen molar-refractivity contribution in [3.05, 3.63) is 71.2 Å². The molecular formula is C24H24N2O7. The molecule has 0 atom stereocenters. The van der Waals surface area contributed by atoms with Gasteiger partial charge in [-0.1, -0.05) is 6.07 Å². The summed E-state index contributed by atoms with van der Waals surface area (Å²) in [7, 11) is 2.83. The molecule has 2 amide bonds. The first kappa shape index (κ1) is 23.4. The number of aryl methyl sites for hydroxylation is 2. The van der Waals surface area contributed by atoms with Gasteiger partial charge in [-0.2, -0.15) is 0 Å². The maximum absolute atomic E-state index is 12.8. The van der Waals surface area contributed by atoms with E-state index in [0.29, 0.717) is 5.69 Å². The summed E-state index contributed by atoms with van der Waals surface area (Å²) in [5.74, 6) is -1.32. The second-order valence-corrected chi connectivity index (χ2v) is 7.18. The van der Waals surface area contributed by atoms with Crippen molar-refractivity contribution >= 4 is 29.2 Å². The van der Waals surface area contributed by atoms with Crippen LogP contribution in [0.4, 0.5) is 11.4 Å². The van der Waals surface area contributed by atoms with Crippen molar-refractivity contribution in [1.29, 1.82) is 0 Å². The molecule has 2 N–H and O–H groups in total. The second kappa shape index (κ2) is 10.4. The Hall–Kier alpha value is -4.27. The highest BCUT2D eigenvalue weighted by Crippen LogP contribution is 2.34. The van der Waals surface area contributed by atoms with Gasteiger partial charge < -0.3 is 29.3 Å². The minimum Gasteiger partial charge on any atom is -0.493 e. The van der Waals surface area contributed by atoms with E-state index in [1.807, 2.05) is 32.0 Å². The first-order chi connectivity index (χ1) is 15.8. The number of amides is 2. The van der Waals surface area contributed by atoms with Crippen LogP contribution in [0.25, 0.3) is 0 Å². The van der Waals surface area contributed by atoms with Gasteiger partial charge >= 0.3 is 5.97 Å². The predicted octanol–water partition coefficient (Wildman–Crippen LogP) is 3.96. The predicted molar refractivity (Wildman–Crippen MR) is 121 cm³/mol. The number of ether oxygens (including phenoxy) is 3. The van der Waals surface area contributed by atoms with E-state index >= 15 is 0 Å². The molecule has 9 heteroatoms. The van der Waals surface area contributed by atoms with Crippen molar-refractivity contribution < 1.29 is 33.0 Å². The summed E-state index contributed by atoms with van der Waals surface area (Å²) in [5, 5.41) is 5.28. The SMILES string of the molecule is COc1cc(NC(=O)c2ccco2)c(C(=O)OCC(=O)Nc2cc(C)cc(C)c2)cc1OC. The van der Waals surface area contributed by atoms with Gasteiger partial charge in [0.05, 0.1) is 31.7 Å². The molecule has 0 saturated carbocycles. The smallest absolute Gasteiger partial charge is 0.340 e. The summed E-state index contributed by atoms with van der Waals surface area (Å²) < 4.78 is 20.8. The molecule has 3 rings (SSSR count). The maximum Gasteiger partial charge on any atom is 0.340 e. The van der Waals surface area contributed by atoms with Crippen molar-refractivity contribution in [2.24, 2.45) is 0 Å². The molecule has 0 aliphatic rings. The van der Waals surface area contributed by atoms with E-state index in [1.54, 1.807) is 6.07 Å². The van der Waals surface area contributed by atoms with Crippen molar-refractivity contribution in [1.82, 2.24) is 0 Å². The van der Waals surface area contributed by atoms with E-state index in [2.05, 4.69) is 10.6 Å². The number of furan rings is 1. The Kier molecular flexibility index (Phi) is 7.34. The van der Waals surface area contributed by atoms with Gasteiger partial charge in [-0.3, -0.25) is 9.59 Å². The standard InChI is InChI=1S/C24H24N2O7/c1-14-8-15(2)10-16(9-14)25-22(27)13-33-24(29)17-11-20(30-3)21(31-4)12-18(17)26-23(28)19-6-5-7-32-19/h5-12H,13H2,1-4H3,(H,25,27)(H,26,28). The molecule has 0 radical (unpaired) electrons. The number of hydrogen-bond donors (Lipinski definition) is 2. The Labute approximate surface area is 190 Å². The molecule has 0 bridgehead atoms. The minimum atomic E-state index is -0.832. The Balaban J connectivity index is 1.77. The lowest BCUT2D eigenvalue weighted by molar-refractivity contribution is -0.119. The van der Waals surface area contributed by atoms with E-state index in [0.717, 1.165) is 11.1 Å². The Morgan fingerprint density at radius 3 is 2.18 bits per heavy atom. The van der Waals surface area contributed by atoms with Crippen LogP contribution in [0.3, 0.4) is 0 Å². The first-order valence-corrected chi connectivity index (χ1v) is 9.97. The third-order valence-electron chi connectivity index (χ3n) is 4.58. The van der Waals surface area contributed by atoms with Crippen LogP contribution >= 0.6 is 0 Å². The van der Waals surface area contributed by atoms with Crippen LogP contribution in [0.2, 0.25) is 0 Å². The number of carbonyl (C=O) groups excluding carboxylic acids is 3. The summed E-state index contributed by atoms with van der Waals surface area (Å²) in [4.78, 5) is 37.5. The van der Waals surface area contributed by atoms with E-state index < -0.39 is 24.4 Å². The number of nitrogens with one attached hydrogen (secondary N) is 2. The van der Waals surface area contributed by atoms with Gasteiger partial charge in [-0.15, -0.1) is 0 Å². The third-order valence-corrected chi connectivity index (χ3v) is 4.58. The van der Waals surface area contributed by atoms with Gasteiger partial charge in [0.25, 0.3) is 11.8 Å². The van der Waals surface area contributed by atoms with Crippen molar-refractivity contribution in [2.75, 3.05) is 31.5 Å². The van der Waals surface area contributed by atoms with E-state index in [-0.39, 0.29) is 28.5 Å². The van der Waals surface area contributed by atoms with Gasteiger partial charge in [-0.25, -0.2) is 4.79 Å². The molecule has 172 valence electrons. The zero-order valence-electron chi connectivity index (χ0n) is 18.7. The Bertz CT molecular complexity index is 1150. The van der Waals surface area contributed by atoms with Gasteiger partial charge in [-0.05, 0) is 49.2 Å². The first-order valence-electron chi connectivity index (χ1n) is 9.97. The highest BCUT2D eigenvalue weighted by atomic mass is 16.5. The summed E-state index contributed by atoms with van der Waals surface area (Å²) in [6.45, 7) is 3.31. The lowest BCUT2D eigenvalue weighted by atomic mass is 10.1. The van der Waals surface area contributed by atoms with Crippen LogP contribution in [0.15, 0.2) is 53.1 Å². The second-order valence-electron chi connectivity index (χ2n) is 7.18. The van der Waals surface area contributed by atoms with E-state index in [4.69, 9.17) is 18.6 Å². The molecule has 0 saturated heterocycles. The van der Waals surface area contributed by atoms with Gasteiger partial charge in [0.1, 0.15) is 0 Å². The van der Waals surface area contributed by atoms with Crippen LogP contribution < -0.4 is 20.1 Å². The quantitative estimate of drug-likeness (QED) is 0.497. The van der Waals surface area contributed by atoms with Crippen LogP contribution in [-0.4, -0.2) is 38.6 Å². The lowest BCUT2D eigenvalue weighted by Crippen LogP contribution is -2.22. The normalized spacial score (nSPS) is 10.3. The Morgan fingerprint density at radius 1 is 0.909 bits per heavy atom. The fraction of sp³-hybridized carbons (Fsp3) is 0.208. The molecule has 2 aromatic carbocycles. The molecular weight excluding hydrogens is 428 g/mol. The summed E-state index contributed by atoms with van der Waals surface area (Å²) in [6, 6.07) is 11.4. The minimum absolute atomic E-state index is 0.0215. The molecule has 9 nitrogen and oxygen atoms in total. The molecule has 0 aliphatic carbocycles. The zero-order valence-corrected chi connectivity index (χ0v) is 18.7. The molecule has 0 spiro atoms. The molecule has 0 unspecified atom stereocenters. The van der Waals surface area contributed by atoms with Gasteiger partial charge in [0.2, 0.25) is 0 Å². The molecule has 3 aromatic rings. The molecule has 0 aliphatic heterocycles. The van der Waals surface area contributed by atoms with Crippen LogP contribution in [0.1, 0.15) is 32.0 Å². The van der Waals surface area contributed by atoms with Gasteiger partial charge in [0.15, 0.2) is 23.9 Å². The van der Waals surface area contributed by atoms with Crippen molar-refractivity contribution in [3.8, 4) is 11.5 Å². The highest BCUT2D eigenvalue weighted by Gasteiger charge is 2.22. The number of esters is 1. The van der Waals surface area contributed by atoms with Gasteiger partial charge in [0, 0.05) is 17.8 Å². The summed E-state index contributed by atoms with van der Waals surface area (Å²) in [6.07, 6.45) is 1.35. The number of rotatable bonds is 8. The van der Waals surface area contributed by atoms with E-state index in [1.165, 1.54) is 38.7 Å². The van der Waals surface area contributed by atoms with Crippen molar-refractivity contribution in [2.45, 2.75) is 13.8 Å². The number of carbonyl (C=O) groups is 3. The topological polar surface area (TPSA) is 116 Å². The van der Waals surface area contributed by atoms with Crippen LogP contribution in [-0.2, 0) is 9.53 Å². The largest absolute Gasteiger partial charge is 0.493 e. The molecule has 1 aromatic heterocycles. The summed E-state index contributed by atoms with van der Waals surface area (Å²) >= 11 is 0. The van der Waals surface area contributed by atoms with Crippen LogP contribution in [0.5, 0.6) is 11.5 Å². The number of benzene rings is 2.